The van der Waals surface area contributed by atoms with E-state index in [9.17, 15) is 9.00 Å². The summed E-state index contributed by atoms with van der Waals surface area (Å²) in [6, 6.07) is -0.0342. The van der Waals surface area contributed by atoms with E-state index in [1.165, 1.54) is 0 Å². The van der Waals surface area contributed by atoms with Crippen LogP contribution in [0.2, 0.25) is 0 Å². The van der Waals surface area contributed by atoms with E-state index in [2.05, 4.69) is 5.32 Å². The van der Waals surface area contributed by atoms with Crippen LogP contribution in [0.4, 0.5) is 0 Å². The van der Waals surface area contributed by atoms with Gasteiger partial charge in [0.2, 0.25) is 0 Å². The molecule has 0 radical (unpaired) electrons. The minimum Gasteiger partial charge on any atom is -0.350 e. The molecule has 120 valence electrons. The second kappa shape index (κ2) is 7.92. The quantitative estimate of drug-likeness (QED) is 0.743. The van der Waals surface area contributed by atoms with Gasteiger partial charge in [-0.15, -0.1) is 0 Å². The molecule has 21 heavy (non-hydrogen) atoms. The number of thiocarbonyl (C=S) groups is 1. The first kappa shape index (κ1) is 17.2. The van der Waals surface area contributed by atoms with Gasteiger partial charge in [-0.3, -0.25) is 13.9 Å². The predicted octanol–water partition coefficient (Wildman–Crippen LogP) is 1.90. The van der Waals surface area contributed by atoms with Crippen LogP contribution in [-0.4, -0.2) is 55.2 Å². The number of thioether (sulfide) groups is 1. The molecule has 1 heterocycles. The molecular formula is C14H24N2O2S3. The van der Waals surface area contributed by atoms with Crippen molar-refractivity contribution in [3.8, 4) is 0 Å². The molecule has 0 aromatic heterocycles. The van der Waals surface area contributed by atoms with Crippen LogP contribution in [0, 0.1) is 0 Å². The van der Waals surface area contributed by atoms with E-state index >= 15 is 0 Å². The third kappa shape index (κ3) is 3.99. The molecule has 0 aromatic carbocycles. The Balaban J connectivity index is 2.01. The van der Waals surface area contributed by atoms with Crippen LogP contribution in [0.3, 0.4) is 0 Å². The van der Waals surface area contributed by atoms with Gasteiger partial charge in [0.15, 0.2) is 5.11 Å². The minimum absolute atomic E-state index is 0.113. The molecule has 0 aromatic rings. The summed E-state index contributed by atoms with van der Waals surface area (Å²) in [4.78, 5) is 14.3. The summed E-state index contributed by atoms with van der Waals surface area (Å²) in [6.07, 6.45) is 6.69. The van der Waals surface area contributed by atoms with Crippen molar-refractivity contribution in [3.05, 3.63) is 0 Å². The SMILES string of the molecule is CC[S@](=O)[C@@H]1CCC[C@H](N2C(=O)[C@H](CCSC)NC2=S)C1. The molecule has 1 N–H and O–H groups in total. The van der Waals surface area contributed by atoms with Crippen LogP contribution in [0.1, 0.15) is 39.0 Å². The highest BCUT2D eigenvalue weighted by Gasteiger charge is 2.41. The summed E-state index contributed by atoms with van der Waals surface area (Å²) in [5.74, 6) is 1.76. The normalized spacial score (nSPS) is 31.3. The van der Waals surface area contributed by atoms with Gasteiger partial charge in [0.25, 0.3) is 5.91 Å². The molecule has 2 aliphatic rings. The predicted molar refractivity (Wildman–Crippen MR) is 94.1 cm³/mol. The first-order valence-electron chi connectivity index (χ1n) is 7.58. The zero-order valence-corrected chi connectivity index (χ0v) is 15.1. The zero-order valence-electron chi connectivity index (χ0n) is 12.7. The highest BCUT2D eigenvalue weighted by atomic mass is 32.2. The van der Waals surface area contributed by atoms with Crippen molar-refractivity contribution in [3.63, 3.8) is 0 Å². The molecule has 0 spiro atoms. The first-order valence-corrected chi connectivity index (χ1v) is 10.8. The lowest BCUT2D eigenvalue weighted by Gasteiger charge is -2.34. The molecule has 4 atom stereocenters. The van der Waals surface area contributed by atoms with Crippen LogP contribution in [0.25, 0.3) is 0 Å². The topological polar surface area (TPSA) is 49.4 Å². The van der Waals surface area contributed by atoms with Gasteiger partial charge in [0.05, 0.1) is 0 Å². The molecular weight excluding hydrogens is 324 g/mol. The lowest BCUT2D eigenvalue weighted by Crippen LogP contribution is -2.45. The molecule has 1 saturated heterocycles. The average molecular weight is 349 g/mol. The lowest BCUT2D eigenvalue weighted by molar-refractivity contribution is -0.129. The molecule has 1 aliphatic heterocycles. The Morgan fingerprint density at radius 2 is 2.24 bits per heavy atom. The van der Waals surface area contributed by atoms with Crippen LogP contribution >= 0.6 is 24.0 Å². The number of carbonyl (C=O) groups is 1. The molecule has 0 bridgehead atoms. The Labute approximate surface area is 139 Å². The summed E-state index contributed by atoms with van der Waals surface area (Å²) in [6.45, 7) is 1.96. The molecule has 2 fully saturated rings. The smallest absolute Gasteiger partial charge is 0.251 e. The number of rotatable bonds is 6. The van der Waals surface area contributed by atoms with E-state index in [-0.39, 0.29) is 23.2 Å². The Bertz CT molecular complexity index is 430. The Kier molecular flexibility index (Phi) is 6.50. The van der Waals surface area contributed by atoms with Gasteiger partial charge >= 0.3 is 0 Å². The van der Waals surface area contributed by atoms with Crippen molar-refractivity contribution in [2.24, 2.45) is 0 Å². The van der Waals surface area contributed by atoms with Gasteiger partial charge < -0.3 is 5.32 Å². The van der Waals surface area contributed by atoms with E-state index in [1.54, 1.807) is 16.7 Å². The Hall–Kier alpha value is -0.140. The third-order valence-electron chi connectivity index (χ3n) is 4.28. The average Bonchev–Trinajstić information content (AvgIpc) is 2.78. The highest BCUT2D eigenvalue weighted by Crippen LogP contribution is 2.29. The maximum absolute atomic E-state index is 12.6. The van der Waals surface area contributed by atoms with E-state index < -0.39 is 10.8 Å². The van der Waals surface area contributed by atoms with Crippen LogP contribution < -0.4 is 5.32 Å². The maximum atomic E-state index is 12.6. The van der Waals surface area contributed by atoms with E-state index in [4.69, 9.17) is 12.2 Å². The molecule has 7 heteroatoms. The number of hydrogen-bond donors (Lipinski definition) is 1. The summed E-state index contributed by atoms with van der Waals surface area (Å²) in [5, 5.41) is 3.95. The summed E-state index contributed by atoms with van der Waals surface area (Å²) >= 11 is 7.11. The van der Waals surface area contributed by atoms with Gasteiger partial charge in [0, 0.05) is 27.8 Å². The Morgan fingerprint density at radius 1 is 1.48 bits per heavy atom. The monoisotopic (exact) mass is 348 g/mol. The van der Waals surface area contributed by atoms with Crippen molar-refractivity contribution in [1.82, 2.24) is 10.2 Å². The largest absolute Gasteiger partial charge is 0.350 e. The van der Waals surface area contributed by atoms with Crippen molar-refractivity contribution in [2.45, 2.75) is 56.4 Å². The van der Waals surface area contributed by atoms with Gasteiger partial charge in [-0.1, -0.05) is 13.3 Å². The van der Waals surface area contributed by atoms with Crippen LogP contribution in [0.15, 0.2) is 0 Å². The van der Waals surface area contributed by atoms with Gasteiger partial charge in [0.1, 0.15) is 6.04 Å². The van der Waals surface area contributed by atoms with E-state index in [1.807, 2.05) is 13.2 Å². The van der Waals surface area contributed by atoms with Crippen LogP contribution in [0.5, 0.6) is 0 Å². The second-order valence-electron chi connectivity index (χ2n) is 5.60. The van der Waals surface area contributed by atoms with Crippen molar-refractivity contribution >= 4 is 45.8 Å². The van der Waals surface area contributed by atoms with Gasteiger partial charge in [-0.05, 0) is 49.9 Å². The number of nitrogens with one attached hydrogen (secondary N) is 1. The molecule has 1 aliphatic carbocycles. The maximum Gasteiger partial charge on any atom is 0.251 e. The second-order valence-corrected chi connectivity index (χ2v) is 8.98. The van der Waals surface area contributed by atoms with E-state index in [0.29, 0.717) is 10.9 Å². The van der Waals surface area contributed by atoms with Crippen molar-refractivity contribution < 1.29 is 9.00 Å². The number of amides is 1. The fourth-order valence-electron chi connectivity index (χ4n) is 3.15. The summed E-state index contributed by atoms with van der Waals surface area (Å²) in [7, 11) is -0.775. The van der Waals surface area contributed by atoms with Crippen molar-refractivity contribution in [2.75, 3.05) is 17.8 Å². The molecule has 1 amide bonds. The number of hydrogen-bond acceptors (Lipinski definition) is 4. The molecule has 2 rings (SSSR count). The standard InChI is InChI=1S/C14H24N2O2S3/c1-3-21(18)11-6-4-5-10(9-11)16-13(17)12(7-8-20-2)15-14(16)19/h10-12H,3-9H2,1-2H3,(H,15,19)/t10-,11+,12-,21-/m0/s1. The summed E-state index contributed by atoms with van der Waals surface area (Å²) < 4.78 is 12.1. The van der Waals surface area contributed by atoms with Crippen LogP contribution in [-0.2, 0) is 15.6 Å². The fraction of sp³-hybridized carbons (Fsp3) is 0.857. The fourth-order valence-corrected chi connectivity index (χ4v) is 5.35. The Morgan fingerprint density at radius 3 is 2.90 bits per heavy atom. The third-order valence-corrected chi connectivity index (χ3v) is 6.98. The zero-order chi connectivity index (χ0) is 15.4. The van der Waals surface area contributed by atoms with E-state index in [0.717, 1.165) is 37.9 Å². The highest BCUT2D eigenvalue weighted by molar-refractivity contribution is 7.98. The van der Waals surface area contributed by atoms with Gasteiger partial charge in [-0.2, -0.15) is 11.8 Å². The molecule has 1 saturated carbocycles. The molecule has 0 unspecified atom stereocenters. The first-order chi connectivity index (χ1) is 10.1. The van der Waals surface area contributed by atoms with Gasteiger partial charge in [-0.25, -0.2) is 0 Å². The minimum atomic E-state index is -0.775. The lowest BCUT2D eigenvalue weighted by atomic mass is 9.93. The number of nitrogens with zero attached hydrogens (tertiary/aromatic N) is 1. The van der Waals surface area contributed by atoms with Crippen molar-refractivity contribution in [1.29, 1.82) is 0 Å². The number of carbonyl (C=O) groups excluding carboxylic acids is 1. The summed E-state index contributed by atoms with van der Waals surface area (Å²) in [5.41, 5.74) is 0. The molecule has 4 nitrogen and oxygen atoms in total.